The number of hydrogen-bond donors (Lipinski definition) is 2. The standard InChI is InChI=1S/C17H20N2O3S2/c1-24(21,22)19-16-11-6-5-10-15(16)17(20)18-12-7-13-23-14-8-3-2-4-9-14/h2-6,8-11,19H,7,12-13H2,1H3,(H,18,20). The van der Waals surface area contributed by atoms with Gasteiger partial charge in [-0.1, -0.05) is 30.3 Å². The molecule has 128 valence electrons. The average molecular weight is 364 g/mol. The van der Waals surface area contributed by atoms with E-state index in [4.69, 9.17) is 0 Å². The minimum absolute atomic E-state index is 0.286. The van der Waals surface area contributed by atoms with Crippen molar-refractivity contribution < 1.29 is 13.2 Å². The monoisotopic (exact) mass is 364 g/mol. The molecule has 0 aliphatic heterocycles. The minimum atomic E-state index is -3.43. The first-order valence-electron chi connectivity index (χ1n) is 7.48. The third-order valence-electron chi connectivity index (χ3n) is 3.09. The van der Waals surface area contributed by atoms with Crippen LogP contribution in [0.5, 0.6) is 0 Å². The van der Waals surface area contributed by atoms with Crippen LogP contribution in [0.2, 0.25) is 0 Å². The molecule has 0 aliphatic rings. The van der Waals surface area contributed by atoms with Gasteiger partial charge in [0.1, 0.15) is 0 Å². The van der Waals surface area contributed by atoms with Gasteiger partial charge in [-0.2, -0.15) is 0 Å². The van der Waals surface area contributed by atoms with Gasteiger partial charge in [-0.3, -0.25) is 9.52 Å². The quantitative estimate of drug-likeness (QED) is 0.558. The normalized spacial score (nSPS) is 11.0. The van der Waals surface area contributed by atoms with Crippen molar-refractivity contribution in [3.8, 4) is 0 Å². The number of nitrogens with one attached hydrogen (secondary N) is 2. The molecule has 0 heterocycles. The second kappa shape index (κ2) is 8.75. The van der Waals surface area contributed by atoms with Gasteiger partial charge < -0.3 is 5.32 Å². The lowest BCUT2D eigenvalue weighted by Gasteiger charge is -2.11. The highest BCUT2D eigenvalue weighted by molar-refractivity contribution is 7.99. The van der Waals surface area contributed by atoms with Crippen LogP contribution in [0.4, 0.5) is 5.69 Å². The summed E-state index contributed by atoms with van der Waals surface area (Å²) in [7, 11) is -3.43. The van der Waals surface area contributed by atoms with Gasteiger partial charge in [0.05, 0.1) is 17.5 Å². The van der Waals surface area contributed by atoms with E-state index in [9.17, 15) is 13.2 Å². The van der Waals surface area contributed by atoms with Gasteiger partial charge in [0, 0.05) is 11.4 Å². The summed E-state index contributed by atoms with van der Waals surface area (Å²) >= 11 is 1.74. The maximum absolute atomic E-state index is 12.2. The fraction of sp³-hybridized carbons (Fsp3) is 0.235. The third-order valence-corrected chi connectivity index (χ3v) is 4.77. The van der Waals surface area contributed by atoms with E-state index in [2.05, 4.69) is 22.2 Å². The Kier molecular flexibility index (Phi) is 6.69. The van der Waals surface area contributed by atoms with E-state index in [0.717, 1.165) is 18.4 Å². The van der Waals surface area contributed by atoms with Gasteiger partial charge in [0.2, 0.25) is 10.0 Å². The first kappa shape index (κ1) is 18.4. The number of thioether (sulfide) groups is 1. The summed E-state index contributed by atoms with van der Waals surface area (Å²) in [5.41, 5.74) is 0.606. The van der Waals surface area contributed by atoms with Crippen molar-refractivity contribution in [2.75, 3.05) is 23.3 Å². The molecule has 0 aromatic heterocycles. The molecule has 0 spiro atoms. The van der Waals surface area contributed by atoms with Crippen LogP contribution < -0.4 is 10.0 Å². The molecule has 0 bridgehead atoms. The zero-order valence-corrected chi connectivity index (χ0v) is 15.0. The second-order valence-corrected chi connectivity index (χ2v) is 8.11. The van der Waals surface area contributed by atoms with Crippen molar-refractivity contribution in [3.05, 3.63) is 60.2 Å². The molecule has 0 unspecified atom stereocenters. The molecule has 0 atom stereocenters. The smallest absolute Gasteiger partial charge is 0.253 e. The molecule has 1 amide bonds. The highest BCUT2D eigenvalue weighted by atomic mass is 32.2. The number of para-hydroxylation sites is 1. The zero-order valence-electron chi connectivity index (χ0n) is 13.4. The Morgan fingerprint density at radius 3 is 2.42 bits per heavy atom. The van der Waals surface area contributed by atoms with Gasteiger partial charge in [0.15, 0.2) is 0 Å². The molecule has 0 aliphatic carbocycles. The van der Waals surface area contributed by atoms with Crippen LogP contribution in [-0.4, -0.2) is 32.9 Å². The van der Waals surface area contributed by atoms with Gasteiger partial charge in [-0.15, -0.1) is 11.8 Å². The van der Waals surface area contributed by atoms with Crippen LogP contribution in [0.15, 0.2) is 59.5 Å². The van der Waals surface area contributed by atoms with E-state index in [1.54, 1.807) is 36.0 Å². The molecule has 0 fully saturated rings. The molecule has 2 aromatic carbocycles. The molecule has 7 heteroatoms. The van der Waals surface area contributed by atoms with Gasteiger partial charge in [-0.05, 0) is 36.4 Å². The summed E-state index contributed by atoms with van der Waals surface area (Å²) in [6, 6.07) is 16.6. The number of hydrogen-bond acceptors (Lipinski definition) is 4. The van der Waals surface area contributed by atoms with Crippen molar-refractivity contribution in [1.82, 2.24) is 5.32 Å². The predicted molar refractivity (Wildman–Crippen MR) is 99.0 cm³/mol. The Morgan fingerprint density at radius 1 is 1.04 bits per heavy atom. The lowest BCUT2D eigenvalue weighted by Crippen LogP contribution is -2.26. The molecule has 2 rings (SSSR count). The number of carbonyl (C=O) groups excluding carboxylic acids is 1. The highest BCUT2D eigenvalue weighted by Crippen LogP contribution is 2.18. The van der Waals surface area contributed by atoms with E-state index >= 15 is 0 Å². The molecule has 2 N–H and O–H groups in total. The number of amides is 1. The van der Waals surface area contributed by atoms with E-state index in [1.165, 1.54) is 4.90 Å². The van der Waals surface area contributed by atoms with E-state index in [0.29, 0.717) is 12.1 Å². The predicted octanol–water partition coefficient (Wildman–Crippen LogP) is 2.97. The van der Waals surface area contributed by atoms with Gasteiger partial charge in [-0.25, -0.2) is 8.42 Å². The molecule has 0 radical (unpaired) electrons. The van der Waals surface area contributed by atoms with Crippen molar-refractivity contribution in [2.45, 2.75) is 11.3 Å². The van der Waals surface area contributed by atoms with Crippen molar-refractivity contribution in [1.29, 1.82) is 0 Å². The van der Waals surface area contributed by atoms with Crippen molar-refractivity contribution in [3.63, 3.8) is 0 Å². The summed E-state index contributed by atoms with van der Waals surface area (Å²) in [4.78, 5) is 13.4. The average Bonchev–Trinajstić information content (AvgIpc) is 2.54. The number of benzene rings is 2. The Hall–Kier alpha value is -1.99. The first-order chi connectivity index (χ1) is 11.5. The highest BCUT2D eigenvalue weighted by Gasteiger charge is 2.13. The number of sulfonamides is 1. The molecular weight excluding hydrogens is 344 g/mol. The second-order valence-electron chi connectivity index (χ2n) is 5.19. The van der Waals surface area contributed by atoms with E-state index in [1.807, 2.05) is 18.2 Å². The summed E-state index contributed by atoms with van der Waals surface area (Å²) in [5, 5.41) is 2.82. The van der Waals surface area contributed by atoms with Crippen LogP contribution in [-0.2, 0) is 10.0 Å². The van der Waals surface area contributed by atoms with E-state index < -0.39 is 10.0 Å². The van der Waals surface area contributed by atoms with E-state index in [-0.39, 0.29) is 11.6 Å². The molecular formula is C17H20N2O3S2. The lowest BCUT2D eigenvalue weighted by atomic mass is 10.1. The molecule has 0 saturated heterocycles. The molecule has 24 heavy (non-hydrogen) atoms. The summed E-state index contributed by atoms with van der Waals surface area (Å²) in [6.45, 7) is 0.534. The van der Waals surface area contributed by atoms with Crippen LogP contribution >= 0.6 is 11.8 Å². The molecule has 2 aromatic rings. The molecule has 0 saturated carbocycles. The summed E-state index contributed by atoms with van der Waals surface area (Å²) < 4.78 is 25.1. The lowest BCUT2D eigenvalue weighted by molar-refractivity contribution is 0.0954. The first-order valence-corrected chi connectivity index (χ1v) is 10.4. The largest absolute Gasteiger partial charge is 0.352 e. The Labute approximate surface area is 146 Å². The topological polar surface area (TPSA) is 75.3 Å². The molecule has 5 nitrogen and oxygen atoms in total. The van der Waals surface area contributed by atoms with Crippen LogP contribution in [0.3, 0.4) is 0 Å². The Morgan fingerprint density at radius 2 is 1.71 bits per heavy atom. The van der Waals surface area contributed by atoms with Crippen LogP contribution in [0.25, 0.3) is 0 Å². The fourth-order valence-electron chi connectivity index (χ4n) is 2.05. The Bertz CT molecular complexity index is 777. The summed E-state index contributed by atoms with van der Waals surface area (Å²) in [5.74, 6) is 0.611. The maximum Gasteiger partial charge on any atom is 0.253 e. The SMILES string of the molecule is CS(=O)(=O)Nc1ccccc1C(=O)NCCCSc1ccccc1. The summed E-state index contributed by atoms with van der Waals surface area (Å²) in [6.07, 6.45) is 1.88. The fourth-order valence-corrected chi connectivity index (χ4v) is 3.50. The minimum Gasteiger partial charge on any atom is -0.352 e. The number of anilines is 1. The Balaban J connectivity index is 1.82. The van der Waals surface area contributed by atoms with Crippen LogP contribution in [0.1, 0.15) is 16.8 Å². The van der Waals surface area contributed by atoms with Crippen molar-refractivity contribution in [2.24, 2.45) is 0 Å². The third kappa shape index (κ3) is 6.25. The maximum atomic E-state index is 12.2. The number of rotatable bonds is 8. The number of carbonyl (C=O) groups is 1. The van der Waals surface area contributed by atoms with Gasteiger partial charge >= 0.3 is 0 Å². The van der Waals surface area contributed by atoms with Gasteiger partial charge in [0.25, 0.3) is 5.91 Å². The van der Waals surface area contributed by atoms with Crippen molar-refractivity contribution >= 4 is 33.4 Å². The zero-order chi connectivity index (χ0) is 17.4. The van der Waals surface area contributed by atoms with Crippen LogP contribution in [0, 0.1) is 0 Å².